The Morgan fingerprint density at radius 3 is 1.00 bits per heavy atom. The third-order valence-corrected chi connectivity index (χ3v) is 7.44. The van der Waals surface area contributed by atoms with E-state index in [1.54, 1.807) is 36.7 Å². The predicted octanol–water partition coefficient (Wildman–Crippen LogP) is -0.0923. The van der Waals surface area contributed by atoms with Crippen molar-refractivity contribution in [3.8, 4) is 11.5 Å². The molecule has 0 atom stereocenters. The Kier molecular flexibility index (Phi) is 48.3. The number of carboxylic acid groups (broad SMARTS) is 4. The van der Waals surface area contributed by atoms with Gasteiger partial charge in [0.05, 0.1) is 13.1 Å². The van der Waals surface area contributed by atoms with E-state index in [2.05, 4.69) is 19.8 Å². The zero-order valence-electron chi connectivity index (χ0n) is 33.3. The molecule has 0 amide bonds. The summed E-state index contributed by atoms with van der Waals surface area (Å²) >= 11 is 0. The normalized spacial score (nSPS) is 13.1. The maximum absolute atomic E-state index is 11.4. The molecule has 0 saturated carbocycles. The van der Waals surface area contributed by atoms with Crippen LogP contribution in [-0.4, -0.2) is 98.5 Å². The number of para-hydroxylation sites is 2. The quantitative estimate of drug-likeness (QED) is 0.201. The van der Waals surface area contributed by atoms with Crippen LogP contribution in [0.25, 0.3) is 0 Å². The first kappa shape index (κ1) is 62.8. The number of hydrogen-bond acceptors (Lipinski definition) is 14. The molecule has 2 aliphatic heterocycles. The maximum Gasteiger partial charge on any atom is 3.00 e. The Bertz CT molecular complexity index is 1230. The summed E-state index contributed by atoms with van der Waals surface area (Å²) < 4.78 is 0. The molecule has 326 valence electrons. The number of carboxylic acids is 4. The monoisotopic (exact) mass is 928 g/mol. The van der Waals surface area contributed by atoms with Crippen LogP contribution in [0.3, 0.4) is 0 Å². The van der Waals surface area contributed by atoms with Gasteiger partial charge in [0.2, 0.25) is 0 Å². The number of aliphatic imine (C=N–C) groups is 2. The van der Waals surface area contributed by atoms with Crippen molar-refractivity contribution in [2.75, 3.05) is 52.4 Å². The molecule has 0 spiro atoms. The minimum atomic E-state index is -0.995. The minimum absolute atomic E-state index is 0. The summed E-state index contributed by atoms with van der Waals surface area (Å²) in [5.41, 5.74) is 1.37. The molecule has 17 heteroatoms. The molecule has 14 nitrogen and oxygen atoms in total. The first-order valence-electron chi connectivity index (χ1n) is 18.6. The predicted molar refractivity (Wildman–Crippen MR) is 198 cm³/mol. The second kappa shape index (κ2) is 43.8. The smallest absolute Gasteiger partial charge is 0.872 e. The fourth-order valence-corrected chi connectivity index (χ4v) is 4.26. The van der Waals surface area contributed by atoms with E-state index in [1.807, 2.05) is 24.3 Å². The minimum Gasteiger partial charge on any atom is -0.872 e. The van der Waals surface area contributed by atoms with Crippen LogP contribution in [0.4, 0.5) is 0 Å². The van der Waals surface area contributed by atoms with Gasteiger partial charge in [0.25, 0.3) is 0 Å². The zero-order valence-corrected chi connectivity index (χ0v) is 36.3. The van der Waals surface area contributed by atoms with Crippen molar-refractivity contribution in [3.63, 3.8) is 0 Å². The first-order valence-corrected chi connectivity index (χ1v) is 18.6. The molecule has 2 aromatic carbocycles. The van der Waals surface area contributed by atoms with Gasteiger partial charge in [0.15, 0.2) is 0 Å². The standard InChI is InChI=1S/2C14H20N2O.4C3H6O2.3Ni/c2*17-14-7-3-2-6-13(14)12-15-8-11-16-9-4-1-5-10-16;4*1-2-3(4)5;;;/h2*2-3,6-7,12,17H,1,4-5,8-11H2;4*2H2,1H3,(H,4,5);;;/q;;;;;;+2;2*+3/p-6. The molecule has 0 bridgehead atoms. The second-order valence-electron chi connectivity index (χ2n) is 11.9. The number of likely N-dealkylation sites (tertiary alicyclic amines) is 2. The summed E-state index contributed by atoms with van der Waals surface area (Å²) in [4.78, 5) is 50.6. The van der Waals surface area contributed by atoms with Crippen molar-refractivity contribution in [1.82, 2.24) is 9.80 Å². The Balaban J connectivity index is -0.000000209. The van der Waals surface area contributed by atoms with E-state index in [4.69, 9.17) is 0 Å². The summed E-state index contributed by atoms with van der Waals surface area (Å²) in [6, 6.07) is 14.0. The number of hydrogen-bond donors (Lipinski definition) is 0. The third-order valence-electron chi connectivity index (χ3n) is 7.44. The van der Waals surface area contributed by atoms with E-state index in [9.17, 15) is 49.8 Å². The summed E-state index contributed by atoms with van der Waals surface area (Å²) in [6.07, 6.45) is 11.8. The van der Waals surface area contributed by atoms with Gasteiger partial charge in [0.1, 0.15) is 0 Å². The van der Waals surface area contributed by atoms with Gasteiger partial charge in [-0.05, 0) is 88.7 Å². The van der Waals surface area contributed by atoms with E-state index in [0.717, 1.165) is 26.2 Å². The van der Waals surface area contributed by atoms with E-state index in [0.29, 0.717) is 11.1 Å². The van der Waals surface area contributed by atoms with Crippen molar-refractivity contribution < 1.29 is 99.3 Å². The van der Waals surface area contributed by atoms with Gasteiger partial charge in [-0.2, -0.15) is 0 Å². The average Bonchev–Trinajstić information content (AvgIpc) is 3.18. The summed E-state index contributed by atoms with van der Waals surface area (Å²) in [7, 11) is 0. The molecule has 2 fully saturated rings. The molecule has 2 aliphatic rings. The molecule has 4 rings (SSSR count). The number of carbonyl (C=O) groups excluding carboxylic acids is 4. The van der Waals surface area contributed by atoms with E-state index < -0.39 is 23.9 Å². The summed E-state index contributed by atoms with van der Waals surface area (Å²) in [5, 5.41) is 59.9. The van der Waals surface area contributed by atoms with Crippen LogP contribution in [0.5, 0.6) is 11.5 Å². The van der Waals surface area contributed by atoms with Crippen LogP contribution in [-0.2, 0) is 68.7 Å². The molecule has 57 heavy (non-hydrogen) atoms. The van der Waals surface area contributed by atoms with Gasteiger partial charge in [-0.15, -0.1) is 11.5 Å². The molecule has 0 aromatic heterocycles. The molecule has 2 heterocycles. The van der Waals surface area contributed by atoms with Crippen LogP contribution in [0.1, 0.15) is 103 Å². The number of benzene rings is 2. The van der Waals surface area contributed by atoms with Crippen LogP contribution in [0.15, 0.2) is 58.5 Å². The molecule has 2 aromatic rings. The molecule has 0 N–H and O–H groups in total. The van der Waals surface area contributed by atoms with Crippen molar-refractivity contribution in [2.45, 2.75) is 91.9 Å². The summed E-state index contributed by atoms with van der Waals surface area (Å²) in [6.45, 7) is 14.6. The number of nitrogens with zero attached hydrogens (tertiary/aromatic N) is 4. The number of carbonyl (C=O) groups is 4. The van der Waals surface area contributed by atoms with E-state index in [1.165, 1.54) is 92.4 Å². The Morgan fingerprint density at radius 2 is 0.772 bits per heavy atom. The topological polar surface area (TPSA) is 238 Å². The zero-order chi connectivity index (χ0) is 41.0. The number of piperidine rings is 2. The molecule has 2 radical (unpaired) electrons. The van der Waals surface area contributed by atoms with Gasteiger partial charge in [0, 0.05) is 49.4 Å². The number of aliphatic carboxylic acids is 4. The van der Waals surface area contributed by atoms with Gasteiger partial charge < -0.3 is 59.6 Å². The van der Waals surface area contributed by atoms with Crippen molar-refractivity contribution in [3.05, 3.63) is 59.7 Å². The largest absolute Gasteiger partial charge is 3.00 e. The first-order chi connectivity index (χ1) is 25.8. The van der Waals surface area contributed by atoms with E-state index in [-0.39, 0.29) is 86.7 Å². The molecular weight excluding hydrogens is 873 g/mol. The maximum atomic E-state index is 11.4. The molecular formula is C40H58N4Ni3O10+2. The van der Waals surface area contributed by atoms with Gasteiger partial charge in [-0.25, -0.2) is 0 Å². The molecule has 0 aliphatic carbocycles. The summed E-state index contributed by atoms with van der Waals surface area (Å²) in [5.74, 6) is -3.88. The Hall–Kier alpha value is -3.34. The van der Waals surface area contributed by atoms with Crippen LogP contribution >= 0.6 is 0 Å². The fourth-order valence-electron chi connectivity index (χ4n) is 4.26. The van der Waals surface area contributed by atoms with E-state index >= 15 is 0 Å². The van der Waals surface area contributed by atoms with Gasteiger partial charge in [-0.1, -0.05) is 89.1 Å². The van der Waals surface area contributed by atoms with Gasteiger partial charge in [-0.3, -0.25) is 9.98 Å². The molecule has 2 saturated heterocycles. The van der Waals surface area contributed by atoms with Crippen molar-refractivity contribution in [2.24, 2.45) is 9.98 Å². The van der Waals surface area contributed by atoms with Crippen molar-refractivity contribution >= 4 is 36.3 Å². The molecule has 0 unspecified atom stereocenters. The Morgan fingerprint density at radius 1 is 0.526 bits per heavy atom. The average molecular weight is 931 g/mol. The third kappa shape index (κ3) is 42.1. The van der Waals surface area contributed by atoms with Gasteiger partial charge >= 0.3 is 49.5 Å². The van der Waals surface area contributed by atoms with Crippen LogP contribution < -0.4 is 30.6 Å². The fraction of sp³-hybridized carbons (Fsp3) is 0.550. The SMILES string of the molecule is CCC(=O)[O-].CCC(=O)[O-].CCC(=O)[O-].CCC(=O)[O-].[Ni+2].[Ni+3].[Ni+3].[O-]c1ccccc1C=NCCN1CCCCC1.[O-]c1ccccc1C=NCCN1CCCCC1. The van der Waals surface area contributed by atoms with Crippen LogP contribution in [0, 0.1) is 0 Å². The van der Waals surface area contributed by atoms with Crippen LogP contribution in [0.2, 0.25) is 0 Å². The Labute approximate surface area is 369 Å². The number of rotatable bonds is 12. The second-order valence-corrected chi connectivity index (χ2v) is 11.9. The van der Waals surface area contributed by atoms with Crippen molar-refractivity contribution in [1.29, 1.82) is 0 Å².